The molecule has 2 aromatic carbocycles. The molecule has 0 N–H and O–H groups in total. The normalized spacial score (nSPS) is 17.7. The second-order valence-corrected chi connectivity index (χ2v) is 7.97. The molecule has 3 atom stereocenters. The molecule has 37 heavy (non-hydrogen) atoms. The number of benzene rings is 2. The molecule has 0 aromatic heterocycles. The predicted octanol–water partition coefficient (Wildman–Crippen LogP) is 2.42. The van der Waals surface area contributed by atoms with Crippen molar-refractivity contribution in [1.82, 2.24) is 5.06 Å². The fourth-order valence-electron chi connectivity index (χ4n) is 2.98. The Bertz CT molecular complexity index is 1110. The topological polar surface area (TPSA) is 152 Å². The van der Waals surface area contributed by atoms with Crippen molar-refractivity contribution in [3.8, 4) is 0 Å². The predicted molar refractivity (Wildman–Crippen MR) is 121 cm³/mol. The van der Waals surface area contributed by atoms with Crippen LogP contribution in [0, 0.1) is 5.92 Å². The van der Waals surface area contributed by atoms with E-state index in [9.17, 15) is 28.8 Å². The van der Waals surface area contributed by atoms with Gasteiger partial charge in [0.15, 0.2) is 0 Å². The monoisotopic (exact) mass is 513 g/mol. The third-order valence-corrected chi connectivity index (χ3v) is 4.83. The van der Waals surface area contributed by atoms with Gasteiger partial charge >= 0.3 is 35.9 Å². The molecule has 12 nitrogen and oxygen atoms in total. The lowest BCUT2D eigenvalue weighted by molar-refractivity contribution is -0.194. The molecule has 1 saturated heterocycles. The van der Waals surface area contributed by atoms with Crippen LogP contribution in [0.5, 0.6) is 0 Å². The van der Waals surface area contributed by atoms with Gasteiger partial charge in [0.25, 0.3) is 0 Å². The number of ether oxygens (including phenoxy) is 4. The van der Waals surface area contributed by atoms with Crippen LogP contribution in [0.25, 0.3) is 0 Å². The molecule has 1 heterocycles. The molecule has 1 aliphatic rings. The Morgan fingerprint density at radius 1 is 0.703 bits per heavy atom. The summed E-state index contributed by atoms with van der Waals surface area (Å²) in [5.41, 5.74) is 0.103. The fourth-order valence-corrected chi connectivity index (χ4v) is 2.98. The van der Waals surface area contributed by atoms with Gasteiger partial charge in [-0.2, -0.15) is 0 Å². The van der Waals surface area contributed by atoms with Gasteiger partial charge in [-0.25, -0.2) is 14.4 Å². The zero-order valence-corrected chi connectivity index (χ0v) is 20.0. The average Bonchev–Trinajstić information content (AvgIpc) is 3.08. The number of hydroxylamine groups is 2. The molecule has 2 aromatic rings. The van der Waals surface area contributed by atoms with Gasteiger partial charge in [-0.1, -0.05) is 55.3 Å². The quantitative estimate of drug-likeness (QED) is 0.221. The maximum absolute atomic E-state index is 12.9. The molecular weight excluding hydrogens is 490 g/mol. The minimum absolute atomic E-state index is 0.0365. The highest BCUT2D eigenvalue weighted by Gasteiger charge is 2.55. The third-order valence-electron chi connectivity index (χ3n) is 4.83. The number of carbonyl (C=O) groups is 6. The molecule has 1 unspecified atom stereocenters. The van der Waals surface area contributed by atoms with Gasteiger partial charge in [-0.15, -0.1) is 0 Å². The molecule has 2 amide bonds. The molecule has 12 heteroatoms. The Kier molecular flexibility index (Phi) is 8.56. The Morgan fingerprint density at radius 2 is 1.14 bits per heavy atom. The van der Waals surface area contributed by atoms with Crippen molar-refractivity contribution in [1.29, 1.82) is 0 Å². The minimum atomic E-state index is -1.96. The molecule has 1 aliphatic heterocycles. The van der Waals surface area contributed by atoms with Crippen molar-refractivity contribution >= 4 is 35.9 Å². The van der Waals surface area contributed by atoms with Gasteiger partial charge < -0.3 is 18.9 Å². The van der Waals surface area contributed by atoms with Crippen molar-refractivity contribution in [2.45, 2.75) is 39.3 Å². The molecule has 1 fully saturated rings. The van der Waals surface area contributed by atoms with Crippen molar-refractivity contribution in [3.05, 3.63) is 71.8 Å². The van der Waals surface area contributed by atoms with Crippen LogP contribution < -0.4 is 0 Å². The van der Waals surface area contributed by atoms with Crippen molar-refractivity contribution in [2.24, 2.45) is 5.92 Å². The zero-order valence-electron chi connectivity index (χ0n) is 20.0. The highest BCUT2D eigenvalue weighted by Crippen LogP contribution is 2.24. The zero-order chi connectivity index (χ0) is 27.1. The minimum Gasteiger partial charge on any atom is -0.444 e. The van der Waals surface area contributed by atoms with E-state index in [0.717, 1.165) is 0 Å². The molecule has 0 saturated carbocycles. The van der Waals surface area contributed by atoms with E-state index in [2.05, 4.69) is 4.84 Å². The van der Waals surface area contributed by atoms with Gasteiger partial charge in [0, 0.05) is 6.92 Å². The number of amides is 2. The first-order chi connectivity index (χ1) is 17.6. The Balaban J connectivity index is 1.77. The van der Waals surface area contributed by atoms with Gasteiger partial charge in [-0.3, -0.25) is 19.2 Å². The molecule has 0 spiro atoms. The average molecular weight is 513 g/mol. The number of hydrogen-bond acceptors (Lipinski definition) is 11. The summed E-state index contributed by atoms with van der Waals surface area (Å²) in [5, 5.41) is -0.0365. The molecule has 0 radical (unpaired) electrons. The molecule has 194 valence electrons. The van der Waals surface area contributed by atoms with E-state index in [-0.39, 0.29) is 16.2 Å². The van der Waals surface area contributed by atoms with Crippen LogP contribution in [-0.4, -0.2) is 59.4 Å². The number of nitrogens with zero attached hydrogens (tertiary/aromatic N) is 1. The van der Waals surface area contributed by atoms with E-state index >= 15 is 0 Å². The first-order valence-corrected chi connectivity index (χ1v) is 11.1. The highest BCUT2D eigenvalue weighted by atomic mass is 16.9. The maximum atomic E-state index is 12.9. The summed E-state index contributed by atoms with van der Waals surface area (Å²) in [4.78, 5) is 79.4. The van der Waals surface area contributed by atoms with E-state index in [0.29, 0.717) is 0 Å². The van der Waals surface area contributed by atoms with Crippen molar-refractivity contribution < 1.29 is 52.6 Å². The Hall–Kier alpha value is -4.74. The van der Waals surface area contributed by atoms with Crippen LogP contribution in [0.15, 0.2) is 60.7 Å². The van der Waals surface area contributed by atoms with Crippen LogP contribution in [0.3, 0.4) is 0 Å². The molecule has 0 bridgehead atoms. The second-order valence-electron chi connectivity index (χ2n) is 7.97. The number of carbonyl (C=O) groups excluding carboxylic acids is 6. The van der Waals surface area contributed by atoms with Gasteiger partial charge in [0.2, 0.25) is 18.5 Å². The van der Waals surface area contributed by atoms with Crippen LogP contribution in [0.2, 0.25) is 0 Å². The van der Waals surface area contributed by atoms with Crippen molar-refractivity contribution in [2.75, 3.05) is 0 Å². The first-order valence-electron chi connectivity index (χ1n) is 11.1. The molecular formula is C25H23NO11. The largest absolute Gasteiger partial charge is 0.537 e. The Labute approximate surface area is 210 Å². The first kappa shape index (κ1) is 26.9. The van der Waals surface area contributed by atoms with E-state index < -0.39 is 60.3 Å². The van der Waals surface area contributed by atoms with Gasteiger partial charge in [-0.05, 0) is 24.3 Å². The smallest absolute Gasteiger partial charge is 0.444 e. The van der Waals surface area contributed by atoms with Crippen LogP contribution in [0.4, 0.5) is 4.79 Å². The number of hydrogen-bond donors (Lipinski definition) is 0. The van der Waals surface area contributed by atoms with Gasteiger partial charge in [0.05, 0.1) is 17.0 Å². The number of esters is 3. The summed E-state index contributed by atoms with van der Waals surface area (Å²) >= 11 is 0. The lowest BCUT2D eigenvalue weighted by Crippen LogP contribution is -2.37. The summed E-state index contributed by atoms with van der Waals surface area (Å²) in [5.74, 6) is -5.77. The van der Waals surface area contributed by atoms with E-state index in [1.54, 1.807) is 50.2 Å². The summed E-state index contributed by atoms with van der Waals surface area (Å²) in [7, 11) is 0. The van der Waals surface area contributed by atoms with E-state index in [1.807, 2.05) is 0 Å². The number of rotatable bonds is 8. The highest BCUT2D eigenvalue weighted by molar-refractivity contribution is 6.09. The third kappa shape index (κ3) is 6.69. The lowest BCUT2D eigenvalue weighted by Gasteiger charge is -2.17. The molecule has 3 rings (SSSR count). The summed E-state index contributed by atoms with van der Waals surface area (Å²) in [6.07, 6.45) is -6.91. The SMILES string of the molecule is CC(OC(=O)ON1C(=O)[C@H](OC(=O)c2ccccc2)[C@@H](OC(=O)c2ccccc2)C1=O)OC(=O)C(C)C. The van der Waals surface area contributed by atoms with Crippen LogP contribution in [-0.2, 0) is 38.2 Å². The van der Waals surface area contributed by atoms with E-state index in [1.165, 1.54) is 31.2 Å². The van der Waals surface area contributed by atoms with Crippen LogP contribution in [0.1, 0.15) is 41.5 Å². The van der Waals surface area contributed by atoms with Gasteiger partial charge in [0.1, 0.15) is 0 Å². The maximum Gasteiger partial charge on any atom is 0.537 e. The standard InChI is InChI=1S/C25H23NO11/c1-14(2)22(29)33-15(3)34-25(32)37-26-20(27)18(35-23(30)16-10-6-4-7-11-16)19(21(26)28)36-24(31)17-12-8-5-9-13-17/h4-15,18-19H,1-3H3/t15?,18-,19-/m1/s1. The summed E-state index contributed by atoms with van der Waals surface area (Å²) in [6.45, 7) is 4.33. The van der Waals surface area contributed by atoms with Crippen LogP contribution >= 0.6 is 0 Å². The Morgan fingerprint density at radius 3 is 1.54 bits per heavy atom. The fraction of sp³-hybridized carbons (Fsp3) is 0.280. The summed E-state index contributed by atoms with van der Waals surface area (Å²) < 4.78 is 19.9. The molecule has 0 aliphatic carbocycles. The van der Waals surface area contributed by atoms with E-state index in [4.69, 9.17) is 18.9 Å². The number of imide groups is 1. The van der Waals surface area contributed by atoms with Crippen molar-refractivity contribution in [3.63, 3.8) is 0 Å². The summed E-state index contributed by atoms with van der Waals surface area (Å²) in [6, 6.07) is 15.1. The second kappa shape index (κ2) is 11.8. The lowest BCUT2D eigenvalue weighted by atomic mass is 10.2.